The highest BCUT2D eigenvalue weighted by atomic mass is 15.0. The molecule has 0 saturated carbocycles. The summed E-state index contributed by atoms with van der Waals surface area (Å²) in [5.41, 5.74) is 20.5. The van der Waals surface area contributed by atoms with Gasteiger partial charge in [-0.15, -0.1) is 0 Å². The van der Waals surface area contributed by atoms with Gasteiger partial charge in [-0.2, -0.15) is 0 Å². The molecule has 2 aliphatic rings. The first-order valence-corrected chi connectivity index (χ1v) is 22.7. The van der Waals surface area contributed by atoms with Crippen LogP contribution in [0.15, 0.2) is 194 Å². The topological polar surface area (TPSA) is 9.86 Å². The Morgan fingerprint density at radius 1 is 0.281 bits per heavy atom. The lowest BCUT2D eigenvalue weighted by Gasteiger charge is -2.21. The van der Waals surface area contributed by atoms with Crippen molar-refractivity contribution < 1.29 is 0 Å². The van der Waals surface area contributed by atoms with E-state index in [0.717, 1.165) is 0 Å². The van der Waals surface area contributed by atoms with Crippen LogP contribution in [0.4, 0.5) is 0 Å². The smallest absolute Gasteiger partial charge is 0.0544 e. The highest BCUT2D eigenvalue weighted by molar-refractivity contribution is 6.16. The van der Waals surface area contributed by atoms with Crippen LogP contribution in [-0.4, -0.2) is 9.13 Å². The second kappa shape index (κ2) is 12.5. The molecular weight excluding hydrogens is 773 g/mol. The van der Waals surface area contributed by atoms with E-state index in [1.54, 1.807) is 0 Å². The predicted octanol–water partition coefficient (Wildman–Crippen LogP) is 16.5. The van der Waals surface area contributed by atoms with Crippen LogP contribution in [0.3, 0.4) is 0 Å². The Bertz CT molecular complexity index is 3740. The second-order valence-electron chi connectivity index (χ2n) is 19.3. The summed E-state index contributed by atoms with van der Waals surface area (Å²) in [6.45, 7) is 9.53. The Hall–Kier alpha value is -7.68. The first-order valence-electron chi connectivity index (χ1n) is 22.7. The zero-order valence-electron chi connectivity index (χ0n) is 36.4. The zero-order valence-corrected chi connectivity index (χ0v) is 36.4. The molecule has 2 aliphatic carbocycles. The third-order valence-electron chi connectivity index (χ3n) is 15.3. The van der Waals surface area contributed by atoms with E-state index < -0.39 is 0 Å². The lowest BCUT2D eigenvalue weighted by molar-refractivity contribution is 0.661. The molecule has 64 heavy (non-hydrogen) atoms. The van der Waals surface area contributed by atoms with Crippen LogP contribution in [0.1, 0.15) is 49.9 Å². The van der Waals surface area contributed by atoms with Gasteiger partial charge in [0.1, 0.15) is 0 Å². The van der Waals surface area contributed by atoms with Gasteiger partial charge < -0.3 is 9.13 Å². The molecule has 2 heterocycles. The minimum atomic E-state index is -0.107. The minimum Gasteiger partial charge on any atom is -0.309 e. The molecule has 0 radical (unpaired) electrons. The molecule has 0 spiro atoms. The molecule has 14 rings (SSSR count). The van der Waals surface area contributed by atoms with E-state index >= 15 is 0 Å². The van der Waals surface area contributed by atoms with Gasteiger partial charge in [0, 0.05) is 43.1 Å². The number of aromatic nitrogens is 2. The van der Waals surface area contributed by atoms with Gasteiger partial charge in [0.25, 0.3) is 0 Å². The molecule has 2 aromatic heterocycles. The summed E-state index contributed by atoms with van der Waals surface area (Å²) in [5.74, 6) is 0. The van der Waals surface area contributed by atoms with E-state index in [1.807, 2.05) is 0 Å². The zero-order chi connectivity index (χ0) is 42.6. The van der Waals surface area contributed by atoms with Crippen LogP contribution in [0.5, 0.6) is 0 Å². The molecule has 0 bridgehead atoms. The first-order chi connectivity index (χ1) is 31.3. The van der Waals surface area contributed by atoms with Crippen LogP contribution < -0.4 is 0 Å². The van der Waals surface area contributed by atoms with Gasteiger partial charge in [0.15, 0.2) is 0 Å². The number of fused-ring (bicyclic) bond motifs is 14. The Morgan fingerprint density at radius 3 is 1.14 bits per heavy atom. The molecular formula is C62H44N2. The Balaban J connectivity index is 1.04. The van der Waals surface area contributed by atoms with Crippen LogP contribution in [0.2, 0.25) is 0 Å². The van der Waals surface area contributed by atoms with E-state index in [1.165, 1.54) is 132 Å². The normalized spacial score (nSPS) is 14.5. The third kappa shape index (κ3) is 4.65. The van der Waals surface area contributed by atoms with Crippen molar-refractivity contribution in [3.63, 3.8) is 0 Å². The molecule has 2 nitrogen and oxygen atoms in total. The molecule has 0 aliphatic heterocycles. The van der Waals surface area contributed by atoms with Gasteiger partial charge in [-0.05, 0) is 127 Å². The van der Waals surface area contributed by atoms with E-state index in [2.05, 4.69) is 231 Å². The lowest BCUT2D eigenvalue weighted by Crippen LogP contribution is -2.15. The lowest BCUT2D eigenvalue weighted by atomic mass is 9.82. The largest absolute Gasteiger partial charge is 0.309 e. The standard InChI is InChI=1S/C62H44N2/c1-61(2)51-23-11-9-21-43(51)45-33-49-47-31-39(27-29-57(47)63(59(49)35-53(45)61)55-25-13-17-37-15-5-7-19-41(37)55)40-28-30-58-48(32-40)50-34-46-44-22-10-12-24-52(44)62(3,4)54(46)36-60(50)64(58)56-26-14-18-38-16-6-8-20-42(38)56/h5-36H,1-4H3. The molecule has 0 atom stereocenters. The minimum absolute atomic E-state index is 0.107. The van der Waals surface area contributed by atoms with Gasteiger partial charge in [0.2, 0.25) is 0 Å². The highest BCUT2D eigenvalue weighted by Gasteiger charge is 2.38. The molecule has 302 valence electrons. The summed E-state index contributed by atoms with van der Waals surface area (Å²) in [6.07, 6.45) is 0. The molecule has 2 heteroatoms. The van der Waals surface area contributed by atoms with Crippen LogP contribution >= 0.6 is 0 Å². The van der Waals surface area contributed by atoms with Crippen molar-refractivity contribution >= 4 is 65.2 Å². The van der Waals surface area contributed by atoms with Gasteiger partial charge in [-0.1, -0.05) is 161 Å². The first kappa shape index (κ1) is 35.9. The summed E-state index contributed by atoms with van der Waals surface area (Å²) in [6, 6.07) is 73.3. The second-order valence-corrected chi connectivity index (χ2v) is 19.3. The predicted molar refractivity (Wildman–Crippen MR) is 271 cm³/mol. The van der Waals surface area contributed by atoms with Crippen LogP contribution in [-0.2, 0) is 10.8 Å². The summed E-state index contributed by atoms with van der Waals surface area (Å²) in [7, 11) is 0. The third-order valence-corrected chi connectivity index (χ3v) is 15.3. The van der Waals surface area contributed by atoms with Gasteiger partial charge in [-0.3, -0.25) is 0 Å². The van der Waals surface area contributed by atoms with Gasteiger partial charge in [0.05, 0.1) is 33.4 Å². The van der Waals surface area contributed by atoms with Crippen molar-refractivity contribution in [3.8, 4) is 44.8 Å². The fraction of sp³-hybridized carbons (Fsp3) is 0.0968. The SMILES string of the molecule is CC1(C)c2ccccc2-c2cc3c4cc(-c5ccc6c(c5)c5cc7c(cc5n6-c5cccc6ccccc56)C(C)(C)c5ccccc5-7)ccc4n(-c4cccc5ccccc45)c3cc21. The maximum Gasteiger partial charge on any atom is 0.0544 e. The number of rotatable bonds is 3. The van der Waals surface area contributed by atoms with Crippen molar-refractivity contribution in [1.29, 1.82) is 0 Å². The van der Waals surface area contributed by atoms with Crippen molar-refractivity contribution in [1.82, 2.24) is 9.13 Å². The quantitative estimate of drug-likeness (QED) is 0.168. The summed E-state index contributed by atoms with van der Waals surface area (Å²) in [4.78, 5) is 0. The Kier molecular flexibility index (Phi) is 7.00. The monoisotopic (exact) mass is 816 g/mol. The maximum absolute atomic E-state index is 2.52. The fourth-order valence-corrected chi connectivity index (χ4v) is 12.1. The van der Waals surface area contributed by atoms with E-state index in [-0.39, 0.29) is 10.8 Å². The average Bonchev–Trinajstić information content (AvgIpc) is 3.97. The van der Waals surface area contributed by atoms with E-state index in [4.69, 9.17) is 0 Å². The van der Waals surface area contributed by atoms with Crippen molar-refractivity contribution in [2.75, 3.05) is 0 Å². The van der Waals surface area contributed by atoms with Gasteiger partial charge in [-0.25, -0.2) is 0 Å². The van der Waals surface area contributed by atoms with Crippen molar-refractivity contribution in [2.24, 2.45) is 0 Å². The van der Waals surface area contributed by atoms with E-state index in [0.29, 0.717) is 0 Å². The van der Waals surface area contributed by atoms with Crippen molar-refractivity contribution in [3.05, 3.63) is 216 Å². The molecule has 0 amide bonds. The number of benzene rings is 10. The number of hydrogen-bond acceptors (Lipinski definition) is 0. The Labute approximate surface area is 372 Å². The number of hydrogen-bond donors (Lipinski definition) is 0. The van der Waals surface area contributed by atoms with E-state index in [9.17, 15) is 0 Å². The van der Waals surface area contributed by atoms with Gasteiger partial charge >= 0.3 is 0 Å². The van der Waals surface area contributed by atoms with Crippen LogP contribution in [0, 0.1) is 0 Å². The number of nitrogens with zero attached hydrogens (tertiary/aromatic N) is 2. The summed E-state index contributed by atoms with van der Waals surface area (Å²) >= 11 is 0. The summed E-state index contributed by atoms with van der Waals surface area (Å²) < 4.78 is 5.05. The highest BCUT2D eigenvalue weighted by Crippen LogP contribution is 2.53. The molecule has 0 saturated heterocycles. The van der Waals surface area contributed by atoms with Crippen LogP contribution in [0.25, 0.3) is 110 Å². The molecule has 0 unspecified atom stereocenters. The molecule has 12 aromatic rings. The molecule has 10 aromatic carbocycles. The molecule has 0 fully saturated rings. The maximum atomic E-state index is 2.52. The average molecular weight is 817 g/mol. The molecule has 0 N–H and O–H groups in total. The summed E-state index contributed by atoms with van der Waals surface area (Å²) in [5, 5.41) is 10.1. The fourth-order valence-electron chi connectivity index (χ4n) is 12.1. The van der Waals surface area contributed by atoms with Crippen molar-refractivity contribution in [2.45, 2.75) is 38.5 Å². The Morgan fingerprint density at radius 2 is 0.672 bits per heavy atom.